The van der Waals surface area contributed by atoms with Crippen LogP contribution >= 0.6 is 7.82 Å². The number of carbonyl (C=O) groups excluding carboxylic acids is 1. The number of hydrogen-bond acceptors (Lipinski definition) is 6. The van der Waals surface area contributed by atoms with Crippen LogP contribution in [0.4, 0.5) is 0 Å². The quantitative estimate of drug-likeness (QED) is 0.0867. The summed E-state index contributed by atoms with van der Waals surface area (Å²) in [6.07, 6.45) is 14.6. The third kappa shape index (κ3) is 24.4. The Labute approximate surface area is 202 Å². The van der Waals surface area contributed by atoms with Crippen LogP contribution in [0.25, 0.3) is 0 Å². The Balaban J connectivity index is 3.85. The maximum atomic E-state index is 12.0. The van der Waals surface area contributed by atoms with E-state index in [1.54, 1.807) is 0 Å². The summed E-state index contributed by atoms with van der Waals surface area (Å²) in [5.41, 5.74) is 0. The highest BCUT2D eigenvalue weighted by Gasteiger charge is 2.25. The van der Waals surface area contributed by atoms with Crippen LogP contribution in [0.2, 0.25) is 0 Å². The number of phosphoric ester groups is 1. The summed E-state index contributed by atoms with van der Waals surface area (Å²) in [7, 11) is 1.66. The lowest BCUT2D eigenvalue weighted by molar-refractivity contribution is -0.870. The number of nitrogens with zero attached hydrogens (tertiary/aromatic N) is 1. The zero-order chi connectivity index (χ0) is 25.0. The lowest BCUT2D eigenvalue weighted by Crippen LogP contribution is -2.37. The summed E-state index contributed by atoms with van der Waals surface area (Å²) >= 11 is 0. The van der Waals surface area contributed by atoms with E-state index in [1.165, 1.54) is 71.1 Å². The predicted octanol–water partition coefficient (Wildman–Crippen LogP) is 5.48. The first-order valence-electron chi connectivity index (χ1n) is 12.7. The SMILES string of the molecule is CCCCCCCCCCCCCCOC[C@H](COP(=O)(O)OCC[N+](C)(C)C)OC(C)=O. The summed E-state index contributed by atoms with van der Waals surface area (Å²) in [5.74, 6) is -0.490. The van der Waals surface area contributed by atoms with Gasteiger partial charge >= 0.3 is 13.8 Å². The topological polar surface area (TPSA) is 91.3 Å². The van der Waals surface area contributed by atoms with Crippen LogP contribution in [0.1, 0.15) is 90.9 Å². The molecule has 0 fully saturated rings. The van der Waals surface area contributed by atoms with E-state index in [0.717, 1.165) is 12.8 Å². The van der Waals surface area contributed by atoms with E-state index in [9.17, 15) is 14.3 Å². The number of likely N-dealkylation sites (N-methyl/N-ethyl adjacent to an activating group) is 1. The van der Waals surface area contributed by atoms with Crippen molar-refractivity contribution in [3.63, 3.8) is 0 Å². The predicted molar refractivity (Wildman–Crippen MR) is 132 cm³/mol. The van der Waals surface area contributed by atoms with Crippen LogP contribution in [0, 0.1) is 0 Å². The zero-order valence-corrected chi connectivity index (χ0v) is 22.8. The van der Waals surface area contributed by atoms with Crippen LogP contribution in [0.15, 0.2) is 0 Å². The van der Waals surface area contributed by atoms with Gasteiger partial charge in [-0.3, -0.25) is 13.8 Å². The average Bonchev–Trinajstić information content (AvgIpc) is 2.70. The molecular formula is C24H51NO7P+. The maximum absolute atomic E-state index is 12.0. The third-order valence-corrected chi connectivity index (χ3v) is 6.20. The molecule has 33 heavy (non-hydrogen) atoms. The molecule has 198 valence electrons. The summed E-state index contributed by atoms with van der Waals surface area (Å²) < 4.78 is 33.3. The second-order valence-electron chi connectivity index (χ2n) is 9.81. The molecule has 0 radical (unpaired) electrons. The first kappa shape index (κ1) is 32.5. The maximum Gasteiger partial charge on any atom is 0.472 e. The molecule has 0 spiro atoms. The highest BCUT2D eigenvalue weighted by molar-refractivity contribution is 7.47. The summed E-state index contributed by atoms with van der Waals surface area (Å²) in [4.78, 5) is 21.1. The molecule has 0 rings (SSSR count). The minimum atomic E-state index is -4.21. The molecule has 0 aromatic heterocycles. The van der Waals surface area contributed by atoms with E-state index in [-0.39, 0.29) is 19.8 Å². The number of hydrogen-bond donors (Lipinski definition) is 1. The molecule has 8 nitrogen and oxygen atoms in total. The fourth-order valence-corrected chi connectivity index (χ4v) is 4.00. The molecule has 1 N–H and O–H groups in total. The first-order chi connectivity index (χ1) is 15.6. The van der Waals surface area contributed by atoms with Crippen molar-refractivity contribution in [2.45, 2.75) is 97.0 Å². The Bertz CT molecular complexity index is 525. The molecule has 0 aliphatic carbocycles. The normalized spacial score (nSPS) is 14.7. The standard InChI is InChI=1S/C24H50NO7P/c1-6-7-8-9-10-11-12-13-14-15-16-17-19-29-21-24(32-23(2)26)22-31-33(27,28)30-20-18-25(3,4)5/h24H,6-22H2,1-5H3/p+1/t24-/m1/s1. The molecule has 0 saturated carbocycles. The van der Waals surface area contributed by atoms with Crippen LogP contribution in [-0.4, -0.2) is 75.6 Å². The molecule has 0 amide bonds. The minimum absolute atomic E-state index is 0.0883. The van der Waals surface area contributed by atoms with Crippen molar-refractivity contribution in [3.05, 3.63) is 0 Å². The van der Waals surface area contributed by atoms with Gasteiger partial charge in [0.2, 0.25) is 0 Å². The molecular weight excluding hydrogens is 445 g/mol. The molecule has 0 aliphatic heterocycles. The number of rotatable bonds is 23. The van der Waals surface area contributed by atoms with E-state index >= 15 is 0 Å². The summed E-state index contributed by atoms with van der Waals surface area (Å²) in [6.45, 7) is 4.61. The number of phosphoric acid groups is 1. The Morgan fingerprint density at radius 2 is 1.33 bits per heavy atom. The van der Waals surface area contributed by atoms with Crippen molar-refractivity contribution in [2.24, 2.45) is 0 Å². The van der Waals surface area contributed by atoms with Gasteiger partial charge in [-0.15, -0.1) is 0 Å². The van der Waals surface area contributed by atoms with Gasteiger partial charge in [0.05, 0.1) is 34.4 Å². The number of ether oxygens (including phenoxy) is 2. The molecule has 0 heterocycles. The van der Waals surface area contributed by atoms with Crippen molar-refractivity contribution in [1.29, 1.82) is 0 Å². The third-order valence-electron chi connectivity index (χ3n) is 5.22. The van der Waals surface area contributed by atoms with Crippen molar-refractivity contribution >= 4 is 13.8 Å². The van der Waals surface area contributed by atoms with Crippen LogP contribution in [-0.2, 0) is 27.9 Å². The van der Waals surface area contributed by atoms with Crippen molar-refractivity contribution in [2.75, 3.05) is 54.1 Å². The van der Waals surface area contributed by atoms with Gasteiger partial charge < -0.3 is 18.9 Å². The molecule has 0 aromatic rings. The molecule has 2 atom stereocenters. The Morgan fingerprint density at radius 1 is 0.818 bits per heavy atom. The smallest absolute Gasteiger partial charge is 0.458 e. The zero-order valence-electron chi connectivity index (χ0n) is 21.9. The van der Waals surface area contributed by atoms with Crippen LogP contribution in [0.3, 0.4) is 0 Å². The van der Waals surface area contributed by atoms with Crippen molar-refractivity contribution < 1.29 is 37.3 Å². The number of esters is 1. The monoisotopic (exact) mass is 496 g/mol. The van der Waals surface area contributed by atoms with Gasteiger partial charge in [-0.25, -0.2) is 4.57 Å². The first-order valence-corrected chi connectivity index (χ1v) is 14.2. The second-order valence-corrected chi connectivity index (χ2v) is 11.3. The highest BCUT2D eigenvalue weighted by Crippen LogP contribution is 2.43. The van der Waals surface area contributed by atoms with E-state index in [4.69, 9.17) is 18.5 Å². The van der Waals surface area contributed by atoms with E-state index in [0.29, 0.717) is 17.6 Å². The largest absolute Gasteiger partial charge is 0.472 e. The van der Waals surface area contributed by atoms with Crippen molar-refractivity contribution in [3.8, 4) is 0 Å². The second kappa shape index (κ2) is 19.8. The molecule has 0 aliphatic rings. The highest BCUT2D eigenvalue weighted by atomic mass is 31.2. The lowest BCUT2D eigenvalue weighted by Gasteiger charge is -2.24. The van der Waals surface area contributed by atoms with Gasteiger partial charge in [0, 0.05) is 13.5 Å². The average molecular weight is 497 g/mol. The molecule has 1 unspecified atom stereocenters. The van der Waals surface area contributed by atoms with E-state index in [2.05, 4.69) is 6.92 Å². The van der Waals surface area contributed by atoms with Gasteiger partial charge in [0.1, 0.15) is 19.3 Å². The van der Waals surface area contributed by atoms with Crippen LogP contribution in [0.5, 0.6) is 0 Å². The fraction of sp³-hybridized carbons (Fsp3) is 0.958. The molecule has 0 bridgehead atoms. The fourth-order valence-electron chi connectivity index (χ4n) is 3.26. The molecule has 0 aromatic carbocycles. The molecule has 9 heteroatoms. The lowest BCUT2D eigenvalue weighted by atomic mass is 10.1. The van der Waals surface area contributed by atoms with Gasteiger partial charge in [-0.1, -0.05) is 77.6 Å². The van der Waals surface area contributed by atoms with Gasteiger partial charge in [0.25, 0.3) is 0 Å². The Hall–Kier alpha value is -0.500. The number of quaternary nitrogens is 1. The van der Waals surface area contributed by atoms with Crippen LogP contribution < -0.4 is 0 Å². The number of unbranched alkanes of at least 4 members (excludes halogenated alkanes) is 11. The van der Waals surface area contributed by atoms with Gasteiger partial charge in [0.15, 0.2) is 0 Å². The molecule has 0 saturated heterocycles. The van der Waals surface area contributed by atoms with Crippen molar-refractivity contribution in [1.82, 2.24) is 0 Å². The Kier molecular flexibility index (Phi) is 19.5. The van der Waals surface area contributed by atoms with Gasteiger partial charge in [-0.2, -0.15) is 0 Å². The minimum Gasteiger partial charge on any atom is -0.458 e. The summed E-state index contributed by atoms with van der Waals surface area (Å²) in [5, 5.41) is 0. The van der Waals surface area contributed by atoms with Gasteiger partial charge in [-0.05, 0) is 6.42 Å². The Morgan fingerprint density at radius 3 is 1.82 bits per heavy atom. The number of carbonyl (C=O) groups is 1. The van der Waals surface area contributed by atoms with E-state index < -0.39 is 19.9 Å². The summed E-state index contributed by atoms with van der Waals surface area (Å²) in [6, 6.07) is 0. The van der Waals surface area contributed by atoms with E-state index in [1.807, 2.05) is 21.1 Å².